The van der Waals surface area contributed by atoms with E-state index in [9.17, 15) is 0 Å². The Morgan fingerprint density at radius 2 is 2.00 bits per heavy atom. The molecule has 0 aliphatic carbocycles. The van der Waals surface area contributed by atoms with Crippen LogP contribution in [0.3, 0.4) is 0 Å². The van der Waals surface area contributed by atoms with Crippen molar-refractivity contribution in [2.75, 3.05) is 6.26 Å². The largest absolute Gasteiger partial charge is 0.222 e. The minimum absolute atomic E-state index is 0.469. The first-order valence-electron chi connectivity index (χ1n) is 3.87. The maximum absolute atomic E-state index is 5.99. The molecule has 0 radical (unpaired) electrons. The molecule has 0 unspecified atom stereocenters. The van der Waals surface area contributed by atoms with E-state index in [-0.39, 0.29) is 0 Å². The van der Waals surface area contributed by atoms with Crippen LogP contribution in [0.1, 0.15) is 0 Å². The number of nitrogens with zero attached hydrogens (tertiary/aromatic N) is 2. The second-order valence-corrected chi connectivity index (χ2v) is 4.23. The molecular formula is C9H6Cl2N2S. The minimum Gasteiger partial charge on any atom is -0.222 e. The van der Waals surface area contributed by atoms with Gasteiger partial charge in [-0.15, -0.1) is 0 Å². The molecule has 1 heterocycles. The molecule has 0 bridgehead atoms. The van der Waals surface area contributed by atoms with Crippen molar-refractivity contribution in [1.29, 1.82) is 0 Å². The molecule has 0 N–H and O–H groups in total. The fourth-order valence-electron chi connectivity index (χ4n) is 1.14. The van der Waals surface area contributed by atoms with Gasteiger partial charge in [-0.25, -0.2) is 9.97 Å². The van der Waals surface area contributed by atoms with Gasteiger partial charge in [0.05, 0.1) is 5.52 Å². The molecule has 0 atom stereocenters. The van der Waals surface area contributed by atoms with Crippen molar-refractivity contribution in [2.24, 2.45) is 0 Å². The Labute approximate surface area is 95.6 Å². The zero-order valence-corrected chi connectivity index (χ0v) is 9.62. The monoisotopic (exact) mass is 244 g/mol. The molecule has 0 amide bonds. The van der Waals surface area contributed by atoms with Crippen LogP contribution < -0.4 is 0 Å². The second kappa shape index (κ2) is 3.93. The van der Waals surface area contributed by atoms with Gasteiger partial charge < -0.3 is 0 Å². The van der Waals surface area contributed by atoms with Gasteiger partial charge in [0.15, 0.2) is 5.16 Å². The average Bonchev–Trinajstić information content (AvgIpc) is 2.16. The standard InChI is InChI=1S/C9H6Cl2N2S/c1-14-9-12-7-4-5(10)2-3-6(7)8(11)13-9/h2-4H,1H3. The van der Waals surface area contributed by atoms with Crippen LogP contribution in [0.2, 0.25) is 10.2 Å². The van der Waals surface area contributed by atoms with Crippen LogP contribution >= 0.6 is 35.0 Å². The molecule has 0 spiro atoms. The number of rotatable bonds is 1. The Kier molecular flexibility index (Phi) is 2.81. The van der Waals surface area contributed by atoms with E-state index in [2.05, 4.69) is 9.97 Å². The summed E-state index contributed by atoms with van der Waals surface area (Å²) in [5.74, 6) is 0. The Bertz CT molecular complexity index is 487. The van der Waals surface area contributed by atoms with Crippen molar-refractivity contribution in [3.8, 4) is 0 Å². The number of benzene rings is 1. The number of aromatic nitrogens is 2. The Morgan fingerprint density at radius 1 is 1.21 bits per heavy atom. The minimum atomic E-state index is 0.469. The third-order valence-corrected chi connectivity index (χ3v) is 2.85. The molecule has 72 valence electrons. The molecule has 0 aliphatic heterocycles. The first kappa shape index (κ1) is 10.0. The van der Waals surface area contributed by atoms with E-state index in [4.69, 9.17) is 23.2 Å². The van der Waals surface area contributed by atoms with Gasteiger partial charge in [-0.1, -0.05) is 35.0 Å². The predicted octanol–water partition coefficient (Wildman–Crippen LogP) is 3.66. The van der Waals surface area contributed by atoms with E-state index in [0.717, 1.165) is 10.9 Å². The van der Waals surface area contributed by atoms with Crippen LogP contribution in [0.25, 0.3) is 10.9 Å². The van der Waals surface area contributed by atoms with E-state index in [1.807, 2.05) is 12.3 Å². The van der Waals surface area contributed by atoms with E-state index in [1.165, 1.54) is 11.8 Å². The fourth-order valence-corrected chi connectivity index (χ4v) is 1.96. The van der Waals surface area contributed by atoms with E-state index in [0.29, 0.717) is 15.3 Å². The molecule has 5 heteroatoms. The number of thioether (sulfide) groups is 1. The summed E-state index contributed by atoms with van der Waals surface area (Å²) in [4.78, 5) is 8.42. The van der Waals surface area contributed by atoms with Gasteiger partial charge in [-0.2, -0.15) is 0 Å². The number of halogens is 2. The topological polar surface area (TPSA) is 25.8 Å². The highest BCUT2D eigenvalue weighted by Gasteiger charge is 2.05. The van der Waals surface area contributed by atoms with Gasteiger partial charge >= 0.3 is 0 Å². The van der Waals surface area contributed by atoms with Gasteiger partial charge in [0.25, 0.3) is 0 Å². The summed E-state index contributed by atoms with van der Waals surface area (Å²) in [6.07, 6.45) is 1.90. The van der Waals surface area contributed by atoms with Crippen molar-refractivity contribution >= 4 is 45.9 Å². The van der Waals surface area contributed by atoms with E-state index in [1.54, 1.807) is 12.1 Å². The van der Waals surface area contributed by atoms with Crippen molar-refractivity contribution in [2.45, 2.75) is 5.16 Å². The van der Waals surface area contributed by atoms with Gasteiger partial charge in [-0.3, -0.25) is 0 Å². The molecule has 0 saturated heterocycles. The lowest BCUT2D eigenvalue weighted by molar-refractivity contribution is 1.01. The van der Waals surface area contributed by atoms with Gasteiger partial charge in [-0.05, 0) is 24.5 Å². The van der Waals surface area contributed by atoms with Crippen molar-refractivity contribution in [1.82, 2.24) is 9.97 Å². The van der Waals surface area contributed by atoms with E-state index >= 15 is 0 Å². The Hall–Kier alpha value is -0.510. The van der Waals surface area contributed by atoms with Crippen LogP contribution in [0, 0.1) is 0 Å². The highest BCUT2D eigenvalue weighted by molar-refractivity contribution is 7.98. The Balaban J connectivity index is 2.77. The highest BCUT2D eigenvalue weighted by Crippen LogP contribution is 2.25. The maximum Gasteiger partial charge on any atom is 0.189 e. The molecule has 2 nitrogen and oxygen atoms in total. The third kappa shape index (κ3) is 1.80. The normalized spacial score (nSPS) is 10.8. The first-order chi connectivity index (χ1) is 6.70. The summed E-state index contributed by atoms with van der Waals surface area (Å²) in [7, 11) is 0. The van der Waals surface area contributed by atoms with Crippen molar-refractivity contribution < 1.29 is 0 Å². The number of hydrogen-bond donors (Lipinski definition) is 0. The van der Waals surface area contributed by atoms with Crippen molar-refractivity contribution in [3.63, 3.8) is 0 Å². The van der Waals surface area contributed by atoms with Crippen LogP contribution in [-0.4, -0.2) is 16.2 Å². The Morgan fingerprint density at radius 3 is 2.71 bits per heavy atom. The lowest BCUT2D eigenvalue weighted by Crippen LogP contribution is -1.88. The van der Waals surface area contributed by atoms with Gasteiger partial charge in [0, 0.05) is 10.4 Å². The highest BCUT2D eigenvalue weighted by atomic mass is 35.5. The fraction of sp³-hybridized carbons (Fsp3) is 0.111. The molecule has 0 fully saturated rings. The molecule has 2 rings (SSSR count). The average molecular weight is 245 g/mol. The summed E-state index contributed by atoms with van der Waals surface area (Å²) in [6, 6.07) is 5.38. The van der Waals surface area contributed by atoms with Gasteiger partial charge in [0.2, 0.25) is 0 Å². The lowest BCUT2D eigenvalue weighted by atomic mass is 10.2. The zero-order chi connectivity index (χ0) is 10.1. The molecule has 1 aromatic carbocycles. The summed E-state index contributed by atoms with van der Waals surface area (Å²) >= 11 is 13.3. The van der Waals surface area contributed by atoms with Crippen LogP contribution in [-0.2, 0) is 0 Å². The predicted molar refractivity (Wildman–Crippen MR) is 61.3 cm³/mol. The zero-order valence-electron chi connectivity index (χ0n) is 7.29. The second-order valence-electron chi connectivity index (χ2n) is 2.66. The van der Waals surface area contributed by atoms with Crippen molar-refractivity contribution in [3.05, 3.63) is 28.4 Å². The first-order valence-corrected chi connectivity index (χ1v) is 5.85. The molecular weight excluding hydrogens is 239 g/mol. The smallest absolute Gasteiger partial charge is 0.189 e. The SMILES string of the molecule is CSc1nc(Cl)c2ccc(Cl)cc2n1. The molecule has 2 aromatic rings. The summed E-state index contributed by atoms with van der Waals surface area (Å²) in [6.45, 7) is 0. The summed E-state index contributed by atoms with van der Waals surface area (Å²) < 4.78 is 0. The van der Waals surface area contributed by atoms with E-state index < -0.39 is 0 Å². The quantitative estimate of drug-likeness (QED) is 0.435. The maximum atomic E-state index is 5.99. The number of fused-ring (bicyclic) bond motifs is 1. The summed E-state index contributed by atoms with van der Waals surface area (Å²) in [5, 5.41) is 2.61. The molecule has 0 aliphatic rings. The molecule has 14 heavy (non-hydrogen) atoms. The molecule has 0 saturated carbocycles. The number of hydrogen-bond acceptors (Lipinski definition) is 3. The molecule has 1 aromatic heterocycles. The van der Waals surface area contributed by atoms with Gasteiger partial charge in [0.1, 0.15) is 5.15 Å². The van der Waals surface area contributed by atoms with Crippen LogP contribution in [0.4, 0.5) is 0 Å². The third-order valence-electron chi connectivity index (χ3n) is 1.77. The lowest BCUT2D eigenvalue weighted by Gasteiger charge is -2.01. The summed E-state index contributed by atoms with van der Waals surface area (Å²) in [5.41, 5.74) is 0.779. The van der Waals surface area contributed by atoms with Crippen LogP contribution in [0.5, 0.6) is 0 Å². The van der Waals surface area contributed by atoms with Crippen LogP contribution in [0.15, 0.2) is 23.4 Å².